The number of fused-ring (bicyclic) bond motifs is 5. The summed E-state index contributed by atoms with van der Waals surface area (Å²) in [4.78, 5) is 12.3. The fraction of sp³-hybridized carbons (Fsp3) is 0.952. The van der Waals surface area contributed by atoms with E-state index in [1.54, 1.807) is 0 Å². The van der Waals surface area contributed by atoms with Gasteiger partial charge in [0.15, 0.2) is 5.78 Å². The molecule has 0 saturated heterocycles. The van der Waals surface area contributed by atoms with Crippen molar-refractivity contribution in [1.82, 2.24) is 0 Å². The molecule has 4 rings (SSSR count). The molecule has 4 aliphatic rings. The van der Waals surface area contributed by atoms with Gasteiger partial charge in [0.1, 0.15) is 5.60 Å². The molecule has 0 heterocycles. The van der Waals surface area contributed by atoms with Crippen molar-refractivity contribution >= 4 is 5.78 Å². The molecule has 0 unspecified atom stereocenters. The maximum Gasteiger partial charge on any atom is 0.161 e. The zero-order valence-electron chi connectivity index (χ0n) is 15.9. The summed E-state index contributed by atoms with van der Waals surface area (Å²) in [6.07, 6.45) is 6.12. The van der Waals surface area contributed by atoms with Crippen molar-refractivity contribution < 1.29 is 20.1 Å². The Balaban J connectivity index is 1.69. The van der Waals surface area contributed by atoms with Gasteiger partial charge in [0, 0.05) is 5.41 Å². The van der Waals surface area contributed by atoms with Crippen LogP contribution in [0.5, 0.6) is 0 Å². The number of ketones is 1. The summed E-state index contributed by atoms with van der Waals surface area (Å²) in [6, 6.07) is 0. The van der Waals surface area contributed by atoms with Crippen LogP contribution in [-0.4, -0.2) is 38.9 Å². The van der Waals surface area contributed by atoms with Crippen LogP contribution >= 0.6 is 0 Å². The van der Waals surface area contributed by atoms with E-state index < -0.39 is 11.0 Å². The molecule has 9 atom stereocenters. The molecule has 0 aromatic carbocycles. The van der Waals surface area contributed by atoms with Crippen molar-refractivity contribution in [3.8, 4) is 0 Å². The second-order valence-corrected chi connectivity index (χ2v) is 10.1. The third kappa shape index (κ3) is 2.20. The Morgan fingerprint density at radius 2 is 1.64 bits per heavy atom. The smallest absolute Gasteiger partial charge is 0.161 e. The van der Waals surface area contributed by atoms with Crippen LogP contribution in [0.1, 0.15) is 72.1 Å². The van der Waals surface area contributed by atoms with Crippen LogP contribution in [0.4, 0.5) is 0 Å². The molecule has 3 N–H and O–H groups in total. The Kier molecular flexibility index (Phi) is 3.97. The van der Waals surface area contributed by atoms with Crippen molar-refractivity contribution in [3.05, 3.63) is 0 Å². The van der Waals surface area contributed by atoms with Gasteiger partial charge in [-0.3, -0.25) is 4.79 Å². The van der Waals surface area contributed by atoms with Gasteiger partial charge in [0.25, 0.3) is 0 Å². The maximum absolute atomic E-state index is 12.3. The molecular weight excluding hydrogens is 316 g/mol. The van der Waals surface area contributed by atoms with E-state index in [0.29, 0.717) is 18.3 Å². The Morgan fingerprint density at radius 1 is 0.960 bits per heavy atom. The average Bonchev–Trinajstić information content (AvgIpc) is 2.82. The maximum atomic E-state index is 12.3. The van der Waals surface area contributed by atoms with Gasteiger partial charge >= 0.3 is 0 Å². The van der Waals surface area contributed by atoms with Crippen molar-refractivity contribution in [2.24, 2.45) is 34.5 Å². The van der Waals surface area contributed by atoms with Gasteiger partial charge in [0.05, 0.1) is 12.2 Å². The Morgan fingerprint density at radius 3 is 2.32 bits per heavy atom. The molecule has 4 heteroatoms. The second kappa shape index (κ2) is 5.53. The molecule has 4 saturated carbocycles. The molecule has 0 spiro atoms. The normalized spacial score (nSPS) is 58.2. The SMILES string of the molecule is CC(=O)[C@@]1(O)CC[C@H]2[C@@H]3[C@@H](O)C[C@H]4C[C@@H](O)CC[C@]4(C)[C@H]3CC[C@@]21C. The number of carbonyl (C=O) groups is 1. The van der Waals surface area contributed by atoms with Crippen molar-refractivity contribution in [2.75, 3.05) is 0 Å². The number of aliphatic hydroxyl groups is 3. The lowest BCUT2D eigenvalue weighted by Gasteiger charge is -2.62. The number of rotatable bonds is 1. The standard InChI is InChI=1S/C21H34O4/c1-12(22)21(25)9-6-16-18-15(5-8-20(16,21)3)19(2)7-4-14(23)10-13(19)11-17(18)24/h13-18,23-25H,4-11H2,1-3H3/t13-,14+,15+,16+,17+,18-,19+,20+,21+/m1/s1. The minimum Gasteiger partial charge on any atom is -0.393 e. The van der Waals surface area contributed by atoms with Gasteiger partial charge in [-0.25, -0.2) is 0 Å². The first-order valence-corrected chi connectivity index (χ1v) is 10.2. The Bertz CT molecular complexity index is 576. The summed E-state index contributed by atoms with van der Waals surface area (Å²) in [7, 11) is 0. The van der Waals surface area contributed by atoms with Gasteiger partial charge in [0.2, 0.25) is 0 Å². The molecule has 4 nitrogen and oxygen atoms in total. The lowest BCUT2D eigenvalue weighted by Crippen LogP contribution is -2.61. The van der Waals surface area contributed by atoms with Gasteiger partial charge in [-0.05, 0) is 87.4 Å². The topological polar surface area (TPSA) is 77.8 Å². The quantitative estimate of drug-likeness (QED) is 0.679. The molecule has 142 valence electrons. The molecular formula is C21H34O4. The molecule has 4 fully saturated rings. The minimum absolute atomic E-state index is 0.105. The van der Waals surface area contributed by atoms with E-state index in [2.05, 4.69) is 13.8 Å². The first-order valence-electron chi connectivity index (χ1n) is 10.2. The van der Waals surface area contributed by atoms with Crippen molar-refractivity contribution in [2.45, 2.75) is 89.9 Å². The first-order chi connectivity index (χ1) is 11.6. The summed E-state index contributed by atoms with van der Waals surface area (Å²) in [6.45, 7) is 5.99. The monoisotopic (exact) mass is 350 g/mol. The van der Waals surface area contributed by atoms with Crippen molar-refractivity contribution in [1.29, 1.82) is 0 Å². The van der Waals surface area contributed by atoms with Crippen LogP contribution < -0.4 is 0 Å². The fourth-order valence-corrected chi connectivity index (χ4v) is 7.80. The van der Waals surface area contributed by atoms with Crippen LogP contribution in [0, 0.1) is 34.5 Å². The third-order valence-corrected chi connectivity index (χ3v) is 9.39. The van der Waals surface area contributed by atoms with E-state index in [1.807, 2.05) is 0 Å². The van der Waals surface area contributed by atoms with Gasteiger partial charge < -0.3 is 15.3 Å². The Hall–Kier alpha value is -0.450. The van der Waals surface area contributed by atoms with Crippen molar-refractivity contribution in [3.63, 3.8) is 0 Å². The molecule has 0 aromatic heterocycles. The lowest BCUT2D eigenvalue weighted by molar-refractivity contribution is -0.193. The number of carbonyl (C=O) groups excluding carboxylic acids is 1. The summed E-state index contributed by atoms with van der Waals surface area (Å²) in [5.41, 5.74) is -1.44. The molecule has 4 aliphatic carbocycles. The summed E-state index contributed by atoms with van der Waals surface area (Å²) < 4.78 is 0. The van der Waals surface area contributed by atoms with E-state index in [9.17, 15) is 20.1 Å². The van der Waals surface area contributed by atoms with Gasteiger partial charge in [-0.1, -0.05) is 13.8 Å². The molecule has 0 aliphatic heterocycles. The number of hydrogen-bond acceptors (Lipinski definition) is 4. The molecule has 0 aromatic rings. The predicted molar refractivity (Wildman–Crippen MR) is 94.8 cm³/mol. The van der Waals surface area contributed by atoms with E-state index in [1.165, 1.54) is 6.92 Å². The highest BCUT2D eigenvalue weighted by atomic mass is 16.3. The van der Waals surface area contributed by atoms with E-state index in [0.717, 1.165) is 44.9 Å². The predicted octanol–water partition coefficient (Wildman–Crippen LogP) is 2.68. The van der Waals surface area contributed by atoms with E-state index in [4.69, 9.17) is 0 Å². The van der Waals surface area contributed by atoms with E-state index >= 15 is 0 Å². The highest BCUT2D eigenvalue weighted by molar-refractivity contribution is 5.86. The molecule has 0 bridgehead atoms. The number of hydrogen-bond donors (Lipinski definition) is 3. The first kappa shape index (κ1) is 17.9. The Labute approximate surface area is 151 Å². The van der Waals surface area contributed by atoms with Crippen LogP contribution in [0.15, 0.2) is 0 Å². The zero-order chi connectivity index (χ0) is 18.2. The molecule has 25 heavy (non-hydrogen) atoms. The summed E-state index contributed by atoms with van der Waals surface area (Å²) in [5, 5.41) is 32.3. The number of aliphatic hydroxyl groups excluding tert-OH is 2. The van der Waals surface area contributed by atoms with Crippen LogP contribution in [0.3, 0.4) is 0 Å². The summed E-state index contributed by atoms with van der Waals surface area (Å²) >= 11 is 0. The highest BCUT2D eigenvalue weighted by Crippen LogP contribution is 2.68. The number of Topliss-reactive ketones (excluding diaryl/α,β-unsaturated/α-hetero) is 1. The zero-order valence-corrected chi connectivity index (χ0v) is 15.9. The average molecular weight is 350 g/mol. The lowest BCUT2D eigenvalue weighted by atomic mass is 9.43. The fourth-order valence-electron chi connectivity index (χ4n) is 7.80. The highest BCUT2D eigenvalue weighted by Gasteiger charge is 2.67. The largest absolute Gasteiger partial charge is 0.393 e. The van der Waals surface area contributed by atoms with Crippen LogP contribution in [-0.2, 0) is 4.79 Å². The molecule has 0 radical (unpaired) electrons. The van der Waals surface area contributed by atoms with Gasteiger partial charge in [-0.15, -0.1) is 0 Å². The molecule has 0 amide bonds. The van der Waals surface area contributed by atoms with E-state index in [-0.39, 0.29) is 35.2 Å². The minimum atomic E-state index is -1.22. The summed E-state index contributed by atoms with van der Waals surface area (Å²) in [5.74, 6) is 1.14. The van der Waals surface area contributed by atoms with Crippen LogP contribution in [0.2, 0.25) is 0 Å². The van der Waals surface area contributed by atoms with Crippen LogP contribution in [0.25, 0.3) is 0 Å². The van der Waals surface area contributed by atoms with Gasteiger partial charge in [-0.2, -0.15) is 0 Å². The third-order valence-electron chi connectivity index (χ3n) is 9.39. The second-order valence-electron chi connectivity index (χ2n) is 10.1.